The summed E-state index contributed by atoms with van der Waals surface area (Å²) < 4.78 is 5.21. The monoisotopic (exact) mass is 407 g/mol. The van der Waals surface area contributed by atoms with Gasteiger partial charge in [-0.3, -0.25) is 0 Å². The topological polar surface area (TPSA) is 57.1 Å². The molecule has 1 rings (SSSR count). The number of ether oxygens (including phenoxy) is 1. The average molecular weight is 407 g/mol. The van der Waals surface area contributed by atoms with Crippen LogP contribution in [-0.2, 0) is 11.3 Å². The zero-order valence-electron chi connectivity index (χ0n) is 12.8. The minimum Gasteiger partial charge on any atom is -0.394 e. The van der Waals surface area contributed by atoms with E-state index in [0.717, 1.165) is 18.9 Å². The Labute approximate surface area is 144 Å². The molecule has 0 amide bonds. The Morgan fingerprint density at radius 2 is 1.95 bits per heavy atom. The minimum atomic E-state index is 0. The van der Waals surface area contributed by atoms with Crippen molar-refractivity contribution >= 4 is 29.9 Å². The van der Waals surface area contributed by atoms with Crippen molar-refractivity contribution in [3.05, 3.63) is 35.9 Å². The van der Waals surface area contributed by atoms with Crippen molar-refractivity contribution in [2.75, 3.05) is 40.5 Å². The number of benzene rings is 1. The molecule has 0 aliphatic rings. The Balaban J connectivity index is 0.00000400. The highest BCUT2D eigenvalue weighted by Crippen LogP contribution is 2.00. The normalized spacial score (nSPS) is 10.9. The van der Waals surface area contributed by atoms with Crippen LogP contribution in [0, 0.1) is 0 Å². The molecule has 0 bridgehead atoms. The second kappa shape index (κ2) is 12.8. The highest BCUT2D eigenvalue weighted by Gasteiger charge is 2.00. The lowest BCUT2D eigenvalue weighted by atomic mass is 10.2. The highest BCUT2D eigenvalue weighted by atomic mass is 127. The van der Waals surface area contributed by atoms with Crippen molar-refractivity contribution < 1.29 is 9.84 Å². The molecular formula is C15H26IN3O2. The van der Waals surface area contributed by atoms with Crippen molar-refractivity contribution in [2.24, 2.45) is 4.99 Å². The molecule has 0 saturated carbocycles. The van der Waals surface area contributed by atoms with Gasteiger partial charge in [-0.15, -0.1) is 24.0 Å². The van der Waals surface area contributed by atoms with E-state index in [-0.39, 0.29) is 30.6 Å². The fourth-order valence-corrected chi connectivity index (χ4v) is 1.65. The number of guanidine groups is 1. The van der Waals surface area contributed by atoms with Gasteiger partial charge in [-0.05, 0) is 12.0 Å². The minimum absolute atomic E-state index is 0. The molecule has 6 heteroatoms. The van der Waals surface area contributed by atoms with Crippen molar-refractivity contribution in [2.45, 2.75) is 13.0 Å². The van der Waals surface area contributed by atoms with Gasteiger partial charge in [0.25, 0.3) is 0 Å². The molecule has 0 unspecified atom stereocenters. The third-order valence-corrected chi connectivity index (χ3v) is 2.66. The molecule has 0 heterocycles. The predicted molar refractivity (Wildman–Crippen MR) is 97.2 cm³/mol. The summed E-state index contributed by atoms with van der Waals surface area (Å²) in [5.74, 6) is 0.871. The number of rotatable bonds is 8. The van der Waals surface area contributed by atoms with Gasteiger partial charge in [0.05, 0.1) is 19.8 Å². The Kier molecular flexibility index (Phi) is 12.3. The van der Waals surface area contributed by atoms with Crippen LogP contribution in [0.3, 0.4) is 0 Å². The fourth-order valence-electron chi connectivity index (χ4n) is 1.65. The first-order valence-electron chi connectivity index (χ1n) is 6.92. The quantitative estimate of drug-likeness (QED) is 0.298. The second-order valence-corrected chi connectivity index (χ2v) is 4.64. The van der Waals surface area contributed by atoms with Crippen LogP contribution in [0.2, 0.25) is 0 Å². The summed E-state index contributed by atoms with van der Waals surface area (Å²) in [5, 5.41) is 11.9. The number of halogens is 1. The number of aliphatic imine (C=N–C) groups is 1. The summed E-state index contributed by atoms with van der Waals surface area (Å²) in [5.41, 5.74) is 1.19. The third-order valence-electron chi connectivity index (χ3n) is 2.66. The first kappa shape index (κ1) is 20.1. The molecule has 0 aliphatic heterocycles. The van der Waals surface area contributed by atoms with Gasteiger partial charge in [-0.25, -0.2) is 4.99 Å². The van der Waals surface area contributed by atoms with Crippen molar-refractivity contribution in [1.29, 1.82) is 0 Å². The van der Waals surface area contributed by atoms with Gasteiger partial charge >= 0.3 is 0 Å². The van der Waals surface area contributed by atoms with Crippen LogP contribution in [0.1, 0.15) is 12.0 Å². The lowest BCUT2D eigenvalue weighted by Crippen LogP contribution is -2.37. The van der Waals surface area contributed by atoms with Crippen molar-refractivity contribution in [1.82, 2.24) is 10.2 Å². The zero-order chi connectivity index (χ0) is 14.6. The Bertz CT molecular complexity index is 386. The van der Waals surface area contributed by atoms with E-state index in [1.807, 2.05) is 37.2 Å². The van der Waals surface area contributed by atoms with Crippen LogP contribution in [0.25, 0.3) is 0 Å². The fraction of sp³-hybridized carbons (Fsp3) is 0.533. The number of nitrogens with one attached hydrogen (secondary N) is 1. The molecule has 0 saturated heterocycles. The molecule has 0 aromatic heterocycles. The Morgan fingerprint density at radius 1 is 1.24 bits per heavy atom. The van der Waals surface area contributed by atoms with E-state index in [9.17, 15) is 0 Å². The number of aliphatic hydroxyl groups excluding tert-OH is 1. The smallest absolute Gasteiger partial charge is 0.193 e. The molecule has 2 N–H and O–H groups in total. The van der Waals surface area contributed by atoms with E-state index in [4.69, 9.17) is 9.84 Å². The third kappa shape index (κ3) is 9.65. The molecule has 0 aliphatic carbocycles. The molecule has 0 spiro atoms. The largest absolute Gasteiger partial charge is 0.394 e. The molecule has 1 aromatic rings. The molecular weight excluding hydrogens is 381 g/mol. The summed E-state index contributed by atoms with van der Waals surface area (Å²) in [4.78, 5) is 6.55. The lowest BCUT2D eigenvalue weighted by molar-refractivity contribution is 0.0912. The SMILES string of the molecule is CN(C)C(=NCc1ccccc1)NCCCOCCO.I. The zero-order valence-corrected chi connectivity index (χ0v) is 15.1. The van der Waals surface area contributed by atoms with Gasteiger partial charge in [0.15, 0.2) is 5.96 Å². The maximum absolute atomic E-state index is 8.60. The number of hydrogen-bond acceptors (Lipinski definition) is 3. The number of aliphatic hydroxyl groups is 1. The van der Waals surface area contributed by atoms with Gasteiger partial charge in [0.2, 0.25) is 0 Å². The van der Waals surface area contributed by atoms with Gasteiger partial charge in [-0.2, -0.15) is 0 Å². The van der Waals surface area contributed by atoms with E-state index in [0.29, 0.717) is 19.8 Å². The summed E-state index contributed by atoms with van der Waals surface area (Å²) >= 11 is 0. The summed E-state index contributed by atoms with van der Waals surface area (Å²) in [6.07, 6.45) is 0.887. The Morgan fingerprint density at radius 3 is 2.57 bits per heavy atom. The predicted octanol–water partition coefficient (Wildman–Crippen LogP) is 1.71. The molecule has 21 heavy (non-hydrogen) atoms. The highest BCUT2D eigenvalue weighted by molar-refractivity contribution is 14.0. The standard InChI is InChI=1S/C15H25N3O2.HI/c1-18(2)15(16-9-6-11-20-12-10-19)17-13-14-7-4-3-5-8-14;/h3-5,7-8,19H,6,9-13H2,1-2H3,(H,16,17);1H. The molecule has 0 fully saturated rings. The second-order valence-electron chi connectivity index (χ2n) is 4.64. The summed E-state index contributed by atoms with van der Waals surface area (Å²) in [6.45, 7) is 2.60. The Hall–Kier alpha value is -0.860. The van der Waals surface area contributed by atoms with Crippen LogP contribution in [-0.4, -0.2) is 56.4 Å². The maximum Gasteiger partial charge on any atom is 0.193 e. The summed E-state index contributed by atoms with van der Waals surface area (Å²) in [7, 11) is 3.94. The average Bonchev–Trinajstić information content (AvgIpc) is 2.46. The molecule has 0 radical (unpaired) electrons. The maximum atomic E-state index is 8.60. The van der Waals surface area contributed by atoms with Crippen LogP contribution < -0.4 is 5.32 Å². The molecule has 1 aromatic carbocycles. The molecule has 120 valence electrons. The van der Waals surface area contributed by atoms with Crippen molar-refractivity contribution in [3.8, 4) is 0 Å². The van der Waals surface area contributed by atoms with E-state index in [1.54, 1.807) is 0 Å². The number of hydrogen-bond donors (Lipinski definition) is 2. The van der Waals surface area contributed by atoms with E-state index in [1.165, 1.54) is 5.56 Å². The molecule has 0 atom stereocenters. The first-order chi connectivity index (χ1) is 9.74. The van der Waals surface area contributed by atoms with Gasteiger partial charge in [-0.1, -0.05) is 30.3 Å². The van der Waals surface area contributed by atoms with E-state index >= 15 is 0 Å². The first-order valence-corrected chi connectivity index (χ1v) is 6.92. The molecule has 5 nitrogen and oxygen atoms in total. The van der Waals surface area contributed by atoms with E-state index < -0.39 is 0 Å². The van der Waals surface area contributed by atoms with Crippen LogP contribution in [0.5, 0.6) is 0 Å². The van der Waals surface area contributed by atoms with Crippen LogP contribution >= 0.6 is 24.0 Å². The van der Waals surface area contributed by atoms with E-state index in [2.05, 4.69) is 22.4 Å². The summed E-state index contributed by atoms with van der Waals surface area (Å²) in [6, 6.07) is 10.2. The lowest BCUT2D eigenvalue weighted by Gasteiger charge is -2.17. The van der Waals surface area contributed by atoms with Gasteiger partial charge in [0.1, 0.15) is 0 Å². The number of nitrogens with zero attached hydrogens (tertiary/aromatic N) is 2. The van der Waals surface area contributed by atoms with Gasteiger partial charge < -0.3 is 20.1 Å². The van der Waals surface area contributed by atoms with Crippen LogP contribution in [0.4, 0.5) is 0 Å². The van der Waals surface area contributed by atoms with Crippen LogP contribution in [0.15, 0.2) is 35.3 Å². The van der Waals surface area contributed by atoms with Crippen molar-refractivity contribution in [3.63, 3.8) is 0 Å². The van der Waals surface area contributed by atoms with Gasteiger partial charge in [0, 0.05) is 27.2 Å².